The summed E-state index contributed by atoms with van der Waals surface area (Å²) in [6.45, 7) is 0.825. The molecule has 0 spiro atoms. The van der Waals surface area contributed by atoms with Crippen molar-refractivity contribution in [2.24, 2.45) is 0 Å². The van der Waals surface area contributed by atoms with Gasteiger partial charge >= 0.3 is 0 Å². The average molecular weight is 279 g/mol. The summed E-state index contributed by atoms with van der Waals surface area (Å²) in [6.07, 6.45) is 4.87. The van der Waals surface area contributed by atoms with Gasteiger partial charge in [-0.15, -0.1) is 0 Å². The summed E-state index contributed by atoms with van der Waals surface area (Å²) in [5.41, 5.74) is 1.19. The van der Waals surface area contributed by atoms with Gasteiger partial charge in [0.25, 0.3) is 0 Å². The van der Waals surface area contributed by atoms with Gasteiger partial charge in [0.1, 0.15) is 6.10 Å². The molecular weight excluding hydrogens is 254 g/mol. The van der Waals surface area contributed by atoms with Gasteiger partial charge in [-0.05, 0) is 44.0 Å². The first-order valence-electron chi connectivity index (χ1n) is 7.27. The van der Waals surface area contributed by atoms with Crippen molar-refractivity contribution in [2.75, 3.05) is 21.3 Å². The summed E-state index contributed by atoms with van der Waals surface area (Å²) < 4.78 is 17.0. The van der Waals surface area contributed by atoms with Crippen molar-refractivity contribution in [1.29, 1.82) is 0 Å². The zero-order chi connectivity index (χ0) is 14.4. The highest BCUT2D eigenvalue weighted by Crippen LogP contribution is 2.32. The van der Waals surface area contributed by atoms with Crippen LogP contribution in [0.25, 0.3) is 0 Å². The molecular formula is C16H25NO3. The molecule has 4 nitrogen and oxygen atoms in total. The van der Waals surface area contributed by atoms with Gasteiger partial charge in [-0.1, -0.05) is 6.07 Å². The summed E-state index contributed by atoms with van der Waals surface area (Å²) in [4.78, 5) is 0. The molecule has 1 aliphatic rings. The van der Waals surface area contributed by atoms with E-state index in [1.54, 1.807) is 14.2 Å². The Hall–Kier alpha value is -1.26. The van der Waals surface area contributed by atoms with Crippen LogP contribution in [0, 0.1) is 0 Å². The predicted octanol–water partition coefficient (Wildman–Crippen LogP) is 2.75. The minimum absolute atomic E-state index is 0.220. The van der Waals surface area contributed by atoms with Gasteiger partial charge in [-0.3, -0.25) is 0 Å². The first kappa shape index (κ1) is 15.1. The molecule has 2 rings (SSSR count). The number of hydrogen-bond donors (Lipinski definition) is 1. The molecule has 1 aromatic rings. The van der Waals surface area contributed by atoms with Gasteiger partial charge in [0, 0.05) is 20.1 Å². The van der Waals surface area contributed by atoms with E-state index >= 15 is 0 Å². The quantitative estimate of drug-likeness (QED) is 0.869. The molecule has 1 aromatic carbocycles. The Morgan fingerprint density at radius 1 is 1.15 bits per heavy atom. The van der Waals surface area contributed by atoms with E-state index in [0.717, 1.165) is 43.7 Å². The molecule has 0 heterocycles. The van der Waals surface area contributed by atoms with Crippen molar-refractivity contribution in [3.8, 4) is 11.5 Å². The molecule has 2 atom stereocenters. The van der Waals surface area contributed by atoms with Gasteiger partial charge in [0.05, 0.1) is 13.2 Å². The first-order valence-corrected chi connectivity index (χ1v) is 7.27. The molecule has 20 heavy (non-hydrogen) atoms. The molecule has 1 N–H and O–H groups in total. The predicted molar refractivity (Wildman–Crippen MR) is 79.4 cm³/mol. The highest BCUT2D eigenvalue weighted by atomic mass is 16.5. The second-order valence-corrected chi connectivity index (χ2v) is 5.28. The maximum atomic E-state index is 6.12. The zero-order valence-corrected chi connectivity index (χ0v) is 12.6. The molecule has 1 saturated carbocycles. The van der Waals surface area contributed by atoms with Crippen LogP contribution in [0.4, 0.5) is 0 Å². The van der Waals surface area contributed by atoms with Crippen LogP contribution in [-0.2, 0) is 11.3 Å². The third-order valence-electron chi connectivity index (χ3n) is 3.81. The lowest BCUT2D eigenvalue weighted by atomic mass is 9.95. The Bertz CT molecular complexity index is 422. The molecule has 0 bridgehead atoms. The number of methoxy groups -OCH3 is 2. The Balaban J connectivity index is 2.04. The topological polar surface area (TPSA) is 39.7 Å². The maximum absolute atomic E-state index is 6.12. The highest BCUT2D eigenvalue weighted by Gasteiger charge is 2.24. The molecule has 0 amide bonds. The first-order chi connectivity index (χ1) is 9.76. The summed E-state index contributed by atoms with van der Waals surface area (Å²) in [5.74, 6) is 1.63. The molecule has 112 valence electrons. The van der Waals surface area contributed by atoms with Crippen LogP contribution in [0.5, 0.6) is 11.5 Å². The molecule has 0 saturated heterocycles. The van der Waals surface area contributed by atoms with Crippen molar-refractivity contribution in [3.63, 3.8) is 0 Å². The van der Waals surface area contributed by atoms with E-state index in [2.05, 4.69) is 11.4 Å². The van der Waals surface area contributed by atoms with E-state index in [0.29, 0.717) is 6.10 Å². The fourth-order valence-corrected chi connectivity index (χ4v) is 2.73. The Labute approximate surface area is 121 Å². The minimum atomic E-state index is 0.220. The molecule has 2 unspecified atom stereocenters. The normalized spacial score (nSPS) is 22.6. The van der Waals surface area contributed by atoms with Gasteiger partial charge in [0.15, 0.2) is 11.5 Å². The summed E-state index contributed by atoms with van der Waals surface area (Å²) >= 11 is 0. The third-order valence-corrected chi connectivity index (χ3v) is 3.81. The minimum Gasteiger partial charge on any atom is -0.493 e. The van der Waals surface area contributed by atoms with E-state index in [9.17, 15) is 0 Å². The second-order valence-electron chi connectivity index (χ2n) is 5.28. The van der Waals surface area contributed by atoms with Gasteiger partial charge in [-0.25, -0.2) is 0 Å². The number of hydrogen-bond acceptors (Lipinski definition) is 4. The summed E-state index contributed by atoms with van der Waals surface area (Å²) in [7, 11) is 5.40. The lowest BCUT2D eigenvalue weighted by Crippen LogP contribution is -2.29. The Morgan fingerprint density at radius 2 is 1.95 bits per heavy atom. The Morgan fingerprint density at radius 3 is 2.65 bits per heavy atom. The van der Waals surface area contributed by atoms with Crippen LogP contribution in [-0.4, -0.2) is 33.5 Å². The van der Waals surface area contributed by atoms with E-state index in [4.69, 9.17) is 14.2 Å². The van der Waals surface area contributed by atoms with Crippen LogP contribution in [0.2, 0.25) is 0 Å². The molecule has 4 heteroatoms. The van der Waals surface area contributed by atoms with Crippen molar-refractivity contribution in [3.05, 3.63) is 23.8 Å². The van der Waals surface area contributed by atoms with Crippen LogP contribution >= 0.6 is 0 Å². The van der Waals surface area contributed by atoms with Crippen molar-refractivity contribution in [2.45, 2.75) is 44.4 Å². The van der Waals surface area contributed by atoms with E-state index in [1.807, 2.05) is 19.2 Å². The number of ether oxygens (including phenoxy) is 3. The highest BCUT2D eigenvalue weighted by molar-refractivity contribution is 5.43. The monoisotopic (exact) mass is 279 g/mol. The second kappa shape index (κ2) is 7.50. The van der Waals surface area contributed by atoms with Crippen molar-refractivity contribution >= 4 is 0 Å². The fraction of sp³-hybridized carbons (Fsp3) is 0.625. The number of rotatable bonds is 6. The van der Waals surface area contributed by atoms with E-state index < -0.39 is 0 Å². The van der Waals surface area contributed by atoms with Crippen molar-refractivity contribution < 1.29 is 14.2 Å². The van der Waals surface area contributed by atoms with E-state index in [-0.39, 0.29) is 6.10 Å². The SMILES string of the molecule is CNCc1ccc(OC2CCCC(OC)C2)c(OC)c1. The van der Waals surface area contributed by atoms with Gasteiger partial charge in [0.2, 0.25) is 0 Å². The fourth-order valence-electron chi connectivity index (χ4n) is 2.73. The number of benzene rings is 1. The largest absolute Gasteiger partial charge is 0.493 e. The summed E-state index contributed by atoms with van der Waals surface area (Å²) in [6, 6.07) is 6.11. The average Bonchev–Trinajstić information content (AvgIpc) is 2.49. The van der Waals surface area contributed by atoms with Crippen molar-refractivity contribution in [1.82, 2.24) is 5.32 Å². The van der Waals surface area contributed by atoms with Crippen LogP contribution < -0.4 is 14.8 Å². The van der Waals surface area contributed by atoms with Crippen LogP contribution in [0.1, 0.15) is 31.2 Å². The standard InChI is InChI=1S/C16H25NO3/c1-17-11-12-7-8-15(16(9-12)19-3)20-14-6-4-5-13(10-14)18-2/h7-9,13-14,17H,4-6,10-11H2,1-3H3. The molecule has 0 radical (unpaired) electrons. The van der Waals surface area contributed by atoms with E-state index in [1.165, 1.54) is 5.56 Å². The smallest absolute Gasteiger partial charge is 0.161 e. The molecule has 0 aliphatic heterocycles. The lowest BCUT2D eigenvalue weighted by molar-refractivity contribution is 0.0201. The molecule has 0 aromatic heterocycles. The molecule has 1 aliphatic carbocycles. The lowest BCUT2D eigenvalue weighted by Gasteiger charge is -2.29. The third kappa shape index (κ3) is 3.87. The Kier molecular flexibility index (Phi) is 5.68. The number of nitrogens with one attached hydrogen (secondary N) is 1. The molecule has 1 fully saturated rings. The maximum Gasteiger partial charge on any atom is 0.161 e. The van der Waals surface area contributed by atoms with Crippen LogP contribution in [0.15, 0.2) is 18.2 Å². The van der Waals surface area contributed by atoms with Crippen LogP contribution in [0.3, 0.4) is 0 Å². The van der Waals surface area contributed by atoms with Gasteiger partial charge < -0.3 is 19.5 Å². The van der Waals surface area contributed by atoms with Gasteiger partial charge in [-0.2, -0.15) is 0 Å². The summed E-state index contributed by atoms with van der Waals surface area (Å²) in [5, 5.41) is 3.14. The zero-order valence-electron chi connectivity index (χ0n) is 12.6.